The lowest BCUT2D eigenvalue weighted by molar-refractivity contribution is -0.167. The van der Waals surface area contributed by atoms with Crippen molar-refractivity contribution in [3.05, 3.63) is 71.8 Å². The Balaban J connectivity index is 0.000000192. The smallest absolute Gasteiger partial charge is 0.337 e. The highest BCUT2D eigenvalue weighted by Crippen LogP contribution is 2.25. The molecule has 4 rings (SSSR count). The van der Waals surface area contributed by atoms with Crippen molar-refractivity contribution in [3.8, 4) is 6.07 Å². The van der Waals surface area contributed by atoms with E-state index in [1.807, 2.05) is 42.5 Å². The van der Waals surface area contributed by atoms with Gasteiger partial charge in [0.15, 0.2) is 11.2 Å². The molecule has 0 atom stereocenters. The maximum atomic E-state index is 11.5. The second-order valence-corrected chi connectivity index (χ2v) is 9.19. The van der Waals surface area contributed by atoms with Gasteiger partial charge in [0.25, 0.3) is 0 Å². The molecule has 2 saturated heterocycles. The van der Waals surface area contributed by atoms with Crippen molar-refractivity contribution in [2.24, 2.45) is 0 Å². The number of piperidine rings is 2. The Morgan fingerprint density at radius 3 is 1.65 bits per heavy atom. The van der Waals surface area contributed by atoms with Gasteiger partial charge in [0.2, 0.25) is 0 Å². The van der Waals surface area contributed by atoms with Crippen molar-refractivity contribution >= 4 is 5.97 Å². The number of ether oxygens (including phenoxy) is 1. The van der Waals surface area contributed by atoms with Gasteiger partial charge in [-0.3, -0.25) is 9.80 Å². The van der Waals surface area contributed by atoms with Crippen LogP contribution < -0.4 is 0 Å². The lowest BCUT2D eigenvalue weighted by Crippen LogP contribution is -2.49. The number of hydrogen-bond donors (Lipinski definition) is 2. The third-order valence-corrected chi connectivity index (χ3v) is 6.64. The first-order valence-electron chi connectivity index (χ1n) is 11.8. The van der Waals surface area contributed by atoms with Gasteiger partial charge < -0.3 is 14.9 Å². The third kappa shape index (κ3) is 7.37. The fraction of sp³-hybridized carbons (Fsp3) is 0.481. The number of nitriles is 1. The number of methoxy groups -OCH3 is 1. The second kappa shape index (κ2) is 12.1. The highest BCUT2D eigenvalue weighted by molar-refractivity contribution is 5.79. The van der Waals surface area contributed by atoms with Crippen molar-refractivity contribution in [2.75, 3.05) is 33.3 Å². The first kappa shape index (κ1) is 25.9. The van der Waals surface area contributed by atoms with Crippen LogP contribution in [0.25, 0.3) is 0 Å². The number of hydrogen-bond acceptors (Lipinski definition) is 7. The topological polar surface area (TPSA) is 97.0 Å². The molecule has 2 aliphatic rings. The summed E-state index contributed by atoms with van der Waals surface area (Å²) < 4.78 is 4.64. The van der Waals surface area contributed by atoms with Crippen molar-refractivity contribution in [1.29, 1.82) is 5.26 Å². The first-order valence-corrected chi connectivity index (χ1v) is 11.8. The fourth-order valence-corrected chi connectivity index (χ4v) is 4.35. The van der Waals surface area contributed by atoms with Crippen molar-refractivity contribution in [3.63, 3.8) is 0 Å². The SMILES string of the molecule is COC(=O)C1(O)CCN(Cc2ccccc2)CC1.N#CC1(O)CCN(Cc2ccccc2)CC1. The van der Waals surface area contributed by atoms with E-state index < -0.39 is 17.2 Å². The Morgan fingerprint density at radius 2 is 1.26 bits per heavy atom. The predicted octanol–water partition coefficient (Wildman–Crippen LogP) is 2.72. The molecule has 0 saturated carbocycles. The molecule has 0 aromatic heterocycles. The zero-order chi connectivity index (χ0) is 24.4. The molecule has 2 N–H and O–H groups in total. The lowest BCUT2D eigenvalue weighted by Gasteiger charge is -2.36. The second-order valence-electron chi connectivity index (χ2n) is 9.19. The lowest BCUT2D eigenvalue weighted by atomic mass is 9.91. The summed E-state index contributed by atoms with van der Waals surface area (Å²) in [5.74, 6) is -0.512. The van der Waals surface area contributed by atoms with E-state index in [1.54, 1.807) is 0 Å². The molecular weight excluding hydrogens is 430 g/mol. The fourth-order valence-electron chi connectivity index (χ4n) is 4.35. The molecule has 34 heavy (non-hydrogen) atoms. The summed E-state index contributed by atoms with van der Waals surface area (Å²) in [4.78, 5) is 16.0. The molecular formula is C27H35N3O4. The number of nitrogens with zero attached hydrogens (tertiary/aromatic N) is 3. The molecule has 2 fully saturated rings. The molecule has 7 nitrogen and oxygen atoms in total. The summed E-state index contributed by atoms with van der Waals surface area (Å²) in [6.07, 6.45) is 1.98. The van der Waals surface area contributed by atoms with Crippen LogP contribution in [0.4, 0.5) is 0 Å². The zero-order valence-electron chi connectivity index (χ0n) is 19.9. The van der Waals surface area contributed by atoms with Gasteiger partial charge in [0.05, 0.1) is 13.2 Å². The standard InChI is InChI=1S/C14H19NO3.C13H16N2O/c1-18-13(16)14(17)7-9-15(10-8-14)11-12-5-3-2-4-6-12;14-11-13(16)6-8-15(9-7-13)10-12-4-2-1-3-5-12/h2-6,17H,7-11H2,1H3;1-5,16H,6-10H2. The monoisotopic (exact) mass is 465 g/mol. The minimum absolute atomic E-state index is 0.437. The van der Waals surface area contributed by atoms with Crippen molar-refractivity contribution in [1.82, 2.24) is 9.80 Å². The Bertz CT molecular complexity index is 929. The summed E-state index contributed by atoms with van der Waals surface area (Å²) in [5, 5.41) is 28.7. The van der Waals surface area contributed by atoms with Crippen LogP contribution in [0.2, 0.25) is 0 Å². The maximum Gasteiger partial charge on any atom is 0.337 e. The molecule has 2 aliphatic heterocycles. The average Bonchev–Trinajstić information content (AvgIpc) is 2.88. The number of carbonyl (C=O) groups is 1. The van der Waals surface area contributed by atoms with Crippen LogP contribution in [0, 0.1) is 11.3 Å². The quantitative estimate of drug-likeness (QED) is 0.518. The molecule has 0 amide bonds. The van der Waals surface area contributed by atoms with Gasteiger partial charge in [-0.15, -0.1) is 0 Å². The summed E-state index contributed by atoms with van der Waals surface area (Å²) in [6.45, 7) is 4.76. The number of aliphatic hydroxyl groups is 2. The van der Waals surface area contributed by atoms with Gasteiger partial charge in [0, 0.05) is 52.1 Å². The van der Waals surface area contributed by atoms with Crippen molar-refractivity contribution in [2.45, 2.75) is 50.0 Å². The van der Waals surface area contributed by atoms with Crippen LogP contribution in [-0.4, -0.2) is 70.5 Å². The van der Waals surface area contributed by atoms with Gasteiger partial charge in [-0.2, -0.15) is 5.26 Å². The van der Waals surface area contributed by atoms with Gasteiger partial charge in [0.1, 0.15) is 0 Å². The van der Waals surface area contributed by atoms with E-state index in [9.17, 15) is 15.0 Å². The van der Waals surface area contributed by atoms with Crippen LogP contribution in [0.3, 0.4) is 0 Å². The Kier molecular flexibility index (Phi) is 9.20. The summed E-state index contributed by atoms with van der Waals surface area (Å²) in [6, 6.07) is 22.5. The van der Waals surface area contributed by atoms with Gasteiger partial charge in [-0.05, 0) is 24.0 Å². The Morgan fingerprint density at radius 1 is 0.853 bits per heavy atom. The molecule has 0 aliphatic carbocycles. The highest BCUT2D eigenvalue weighted by Gasteiger charge is 2.40. The van der Waals surface area contributed by atoms with Crippen LogP contribution in [0.1, 0.15) is 36.8 Å². The Hall–Kier alpha value is -2.76. The molecule has 0 unspecified atom stereocenters. The normalized spacial score (nSPS) is 19.8. The van der Waals surface area contributed by atoms with E-state index in [-0.39, 0.29) is 0 Å². The first-order chi connectivity index (χ1) is 16.4. The third-order valence-electron chi connectivity index (χ3n) is 6.64. The van der Waals surface area contributed by atoms with Crippen LogP contribution in [-0.2, 0) is 22.6 Å². The number of likely N-dealkylation sites (tertiary alicyclic amines) is 2. The van der Waals surface area contributed by atoms with E-state index in [2.05, 4.69) is 38.8 Å². The van der Waals surface area contributed by atoms with E-state index >= 15 is 0 Å². The van der Waals surface area contributed by atoms with E-state index in [0.29, 0.717) is 38.8 Å². The molecule has 182 valence electrons. The van der Waals surface area contributed by atoms with Crippen LogP contribution in [0.15, 0.2) is 60.7 Å². The summed E-state index contributed by atoms with van der Waals surface area (Å²) in [5.41, 5.74) is 0.153. The number of carbonyl (C=O) groups excluding carboxylic acids is 1. The predicted molar refractivity (Wildman–Crippen MR) is 129 cm³/mol. The number of rotatable bonds is 5. The van der Waals surface area contributed by atoms with E-state index in [1.165, 1.54) is 18.2 Å². The summed E-state index contributed by atoms with van der Waals surface area (Å²) >= 11 is 0. The molecule has 2 aromatic carbocycles. The number of esters is 1. The minimum atomic E-state index is -1.29. The zero-order valence-corrected chi connectivity index (χ0v) is 19.9. The Labute approximate surface area is 202 Å². The van der Waals surface area contributed by atoms with E-state index in [4.69, 9.17) is 5.26 Å². The molecule has 0 spiro atoms. The maximum absolute atomic E-state index is 11.5. The molecule has 0 radical (unpaired) electrons. The minimum Gasteiger partial charge on any atom is -0.467 e. The molecule has 2 heterocycles. The van der Waals surface area contributed by atoms with Gasteiger partial charge >= 0.3 is 5.97 Å². The summed E-state index contributed by atoms with van der Waals surface area (Å²) in [7, 11) is 1.32. The molecule has 0 bridgehead atoms. The van der Waals surface area contributed by atoms with Gasteiger partial charge in [-0.25, -0.2) is 4.79 Å². The highest BCUT2D eigenvalue weighted by atomic mass is 16.5. The van der Waals surface area contributed by atoms with Crippen LogP contribution in [0.5, 0.6) is 0 Å². The van der Waals surface area contributed by atoms with Gasteiger partial charge in [-0.1, -0.05) is 60.7 Å². The van der Waals surface area contributed by atoms with Crippen LogP contribution >= 0.6 is 0 Å². The molecule has 2 aromatic rings. The molecule has 7 heteroatoms. The number of benzene rings is 2. The van der Waals surface area contributed by atoms with E-state index in [0.717, 1.165) is 26.2 Å². The van der Waals surface area contributed by atoms with Crippen molar-refractivity contribution < 1.29 is 19.7 Å². The average molecular weight is 466 g/mol. The largest absolute Gasteiger partial charge is 0.467 e.